The summed E-state index contributed by atoms with van der Waals surface area (Å²) < 4.78 is 0. The summed E-state index contributed by atoms with van der Waals surface area (Å²) in [5, 5.41) is 4.10. The van der Waals surface area contributed by atoms with E-state index in [1.165, 1.54) is 25.9 Å². The first-order valence-corrected chi connectivity index (χ1v) is 7.00. The normalized spacial score (nSPS) is 16.1. The van der Waals surface area contributed by atoms with E-state index in [4.69, 9.17) is 28.9 Å². The van der Waals surface area contributed by atoms with Crippen molar-refractivity contribution in [1.82, 2.24) is 9.88 Å². The fourth-order valence-electron chi connectivity index (χ4n) is 2.12. The zero-order chi connectivity index (χ0) is 13.0. The van der Waals surface area contributed by atoms with Crippen molar-refractivity contribution >= 4 is 34.8 Å². The second kappa shape index (κ2) is 6.45. The van der Waals surface area contributed by atoms with Gasteiger partial charge < -0.3 is 16.0 Å². The summed E-state index contributed by atoms with van der Waals surface area (Å²) in [5.41, 5.74) is 5.64. The van der Waals surface area contributed by atoms with Gasteiger partial charge in [-0.2, -0.15) is 0 Å². The minimum atomic E-state index is 0.308. The van der Waals surface area contributed by atoms with Crippen molar-refractivity contribution in [2.45, 2.75) is 19.3 Å². The highest BCUT2D eigenvalue weighted by molar-refractivity contribution is 6.37. The Hall–Kier alpha value is -0.710. The molecular formula is C12H18Cl2N4. The molecule has 2 rings (SSSR count). The lowest BCUT2D eigenvalue weighted by Crippen LogP contribution is -2.22. The van der Waals surface area contributed by atoms with Crippen molar-refractivity contribution in [2.75, 3.05) is 37.2 Å². The molecule has 0 saturated carbocycles. The number of hydrogen-bond donors (Lipinski definition) is 2. The highest BCUT2D eigenvalue weighted by atomic mass is 35.5. The molecule has 0 spiro atoms. The summed E-state index contributed by atoms with van der Waals surface area (Å²) in [7, 11) is 0. The Morgan fingerprint density at radius 1 is 1.28 bits per heavy atom. The van der Waals surface area contributed by atoms with Crippen LogP contribution in [0, 0.1) is 0 Å². The van der Waals surface area contributed by atoms with E-state index < -0.39 is 0 Å². The van der Waals surface area contributed by atoms with E-state index >= 15 is 0 Å². The highest BCUT2D eigenvalue weighted by Crippen LogP contribution is 2.27. The lowest BCUT2D eigenvalue weighted by Gasteiger charge is -2.15. The van der Waals surface area contributed by atoms with E-state index in [2.05, 4.69) is 15.2 Å². The Balaban J connectivity index is 1.77. The lowest BCUT2D eigenvalue weighted by atomic mass is 10.3. The maximum Gasteiger partial charge on any atom is 0.147 e. The van der Waals surface area contributed by atoms with Crippen LogP contribution in [-0.4, -0.2) is 36.1 Å². The Morgan fingerprint density at radius 2 is 2.00 bits per heavy atom. The maximum absolute atomic E-state index is 6.03. The molecule has 0 bridgehead atoms. The summed E-state index contributed by atoms with van der Waals surface area (Å²) in [5.74, 6) is 0.920. The number of aromatic nitrogens is 1. The zero-order valence-corrected chi connectivity index (χ0v) is 11.8. The van der Waals surface area contributed by atoms with Gasteiger partial charge >= 0.3 is 0 Å². The Labute approximate surface area is 117 Å². The number of pyridine rings is 1. The molecule has 0 aliphatic carbocycles. The van der Waals surface area contributed by atoms with Gasteiger partial charge in [-0.15, -0.1) is 0 Å². The molecule has 1 saturated heterocycles. The lowest BCUT2D eigenvalue weighted by molar-refractivity contribution is 0.337. The van der Waals surface area contributed by atoms with Gasteiger partial charge in [-0.25, -0.2) is 4.98 Å². The van der Waals surface area contributed by atoms with E-state index in [9.17, 15) is 0 Å². The van der Waals surface area contributed by atoms with Gasteiger partial charge in [-0.1, -0.05) is 23.2 Å². The second-order valence-corrected chi connectivity index (χ2v) is 5.33. The molecule has 18 heavy (non-hydrogen) atoms. The van der Waals surface area contributed by atoms with E-state index in [-0.39, 0.29) is 0 Å². The van der Waals surface area contributed by atoms with Crippen LogP contribution in [0.1, 0.15) is 19.3 Å². The van der Waals surface area contributed by atoms with Crippen molar-refractivity contribution in [3.63, 3.8) is 0 Å². The van der Waals surface area contributed by atoms with Crippen LogP contribution in [0.25, 0.3) is 0 Å². The molecule has 1 aliphatic rings. The SMILES string of the molecule is Nc1nc(NCCCN2CCCC2)c(Cl)cc1Cl. The average Bonchev–Trinajstić information content (AvgIpc) is 2.84. The van der Waals surface area contributed by atoms with Crippen LogP contribution in [0.2, 0.25) is 10.0 Å². The van der Waals surface area contributed by atoms with Crippen LogP contribution in [-0.2, 0) is 0 Å². The molecule has 100 valence electrons. The Kier molecular flexibility index (Phi) is 4.92. The molecule has 0 radical (unpaired) electrons. The first-order chi connectivity index (χ1) is 8.66. The molecule has 1 aromatic rings. The summed E-state index contributed by atoms with van der Waals surface area (Å²) in [6, 6.07) is 1.62. The van der Waals surface area contributed by atoms with Gasteiger partial charge in [-0.05, 0) is 45.0 Å². The van der Waals surface area contributed by atoms with Crippen LogP contribution < -0.4 is 11.1 Å². The number of rotatable bonds is 5. The smallest absolute Gasteiger partial charge is 0.147 e. The number of nitrogens with one attached hydrogen (secondary N) is 1. The van der Waals surface area contributed by atoms with E-state index in [1.54, 1.807) is 6.07 Å². The fourth-order valence-corrected chi connectivity index (χ4v) is 2.55. The van der Waals surface area contributed by atoms with E-state index in [0.717, 1.165) is 19.5 Å². The number of likely N-dealkylation sites (tertiary alicyclic amines) is 1. The third kappa shape index (κ3) is 3.64. The third-order valence-corrected chi connectivity index (χ3v) is 3.69. The number of halogens is 2. The van der Waals surface area contributed by atoms with Gasteiger partial charge in [0.15, 0.2) is 0 Å². The minimum Gasteiger partial charge on any atom is -0.382 e. The van der Waals surface area contributed by atoms with E-state index in [0.29, 0.717) is 21.7 Å². The number of anilines is 2. The number of nitrogens with two attached hydrogens (primary N) is 1. The minimum absolute atomic E-state index is 0.308. The summed E-state index contributed by atoms with van der Waals surface area (Å²) in [6.07, 6.45) is 3.73. The van der Waals surface area contributed by atoms with Gasteiger partial charge in [0.1, 0.15) is 11.6 Å². The van der Waals surface area contributed by atoms with Gasteiger partial charge in [0.2, 0.25) is 0 Å². The monoisotopic (exact) mass is 288 g/mol. The number of nitrogens with zero attached hydrogens (tertiary/aromatic N) is 2. The van der Waals surface area contributed by atoms with Gasteiger partial charge in [0.25, 0.3) is 0 Å². The van der Waals surface area contributed by atoms with Gasteiger partial charge in [-0.3, -0.25) is 0 Å². The summed E-state index contributed by atoms with van der Waals surface area (Å²) in [4.78, 5) is 6.61. The van der Waals surface area contributed by atoms with Crippen molar-refractivity contribution in [1.29, 1.82) is 0 Å². The molecule has 0 aromatic carbocycles. The van der Waals surface area contributed by atoms with Crippen molar-refractivity contribution in [3.8, 4) is 0 Å². The molecule has 2 heterocycles. The van der Waals surface area contributed by atoms with Crippen LogP contribution in [0.5, 0.6) is 0 Å². The zero-order valence-electron chi connectivity index (χ0n) is 10.3. The van der Waals surface area contributed by atoms with Crippen molar-refractivity contribution in [3.05, 3.63) is 16.1 Å². The van der Waals surface area contributed by atoms with Gasteiger partial charge in [0.05, 0.1) is 10.0 Å². The quantitative estimate of drug-likeness (QED) is 0.818. The predicted molar refractivity (Wildman–Crippen MR) is 77.5 cm³/mol. The van der Waals surface area contributed by atoms with Crippen molar-refractivity contribution < 1.29 is 0 Å². The molecular weight excluding hydrogens is 271 g/mol. The Morgan fingerprint density at radius 3 is 2.72 bits per heavy atom. The number of hydrogen-bond acceptors (Lipinski definition) is 4. The second-order valence-electron chi connectivity index (χ2n) is 4.51. The largest absolute Gasteiger partial charge is 0.382 e. The molecule has 1 aromatic heterocycles. The molecule has 0 amide bonds. The van der Waals surface area contributed by atoms with Crippen LogP contribution in [0.4, 0.5) is 11.6 Å². The van der Waals surface area contributed by atoms with Crippen LogP contribution in [0.3, 0.4) is 0 Å². The molecule has 4 nitrogen and oxygen atoms in total. The molecule has 1 aliphatic heterocycles. The topological polar surface area (TPSA) is 54.2 Å². The number of nitrogen functional groups attached to an aromatic ring is 1. The summed E-state index contributed by atoms with van der Waals surface area (Å²) in [6.45, 7) is 4.41. The van der Waals surface area contributed by atoms with Crippen LogP contribution in [0.15, 0.2) is 6.07 Å². The Bertz CT molecular complexity index is 405. The molecule has 3 N–H and O–H groups in total. The predicted octanol–water partition coefficient (Wildman–Crippen LogP) is 2.87. The maximum atomic E-state index is 6.03. The molecule has 0 unspecified atom stereocenters. The average molecular weight is 289 g/mol. The molecule has 6 heteroatoms. The highest BCUT2D eigenvalue weighted by Gasteiger charge is 2.11. The first kappa shape index (κ1) is 13.7. The van der Waals surface area contributed by atoms with Crippen LogP contribution >= 0.6 is 23.2 Å². The van der Waals surface area contributed by atoms with Gasteiger partial charge in [0, 0.05) is 6.54 Å². The molecule has 1 fully saturated rings. The van der Waals surface area contributed by atoms with Crippen molar-refractivity contribution in [2.24, 2.45) is 0 Å². The third-order valence-electron chi connectivity index (χ3n) is 3.10. The fraction of sp³-hybridized carbons (Fsp3) is 0.583. The van der Waals surface area contributed by atoms with E-state index in [1.807, 2.05) is 0 Å². The first-order valence-electron chi connectivity index (χ1n) is 6.24. The summed E-state index contributed by atoms with van der Waals surface area (Å²) >= 11 is 11.9. The molecule has 0 atom stereocenters. The standard InChI is InChI=1S/C12H18Cl2N4/c13-9-8-10(14)12(17-11(9)15)16-4-3-7-18-5-1-2-6-18/h8H,1-7H2,(H3,15,16,17).